The minimum Gasteiger partial charge on any atom is -0.482 e. The van der Waals surface area contributed by atoms with E-state index < -0.39 is 30.4 Å². The maximum atomic E-state index is 12.8. The molecular weight excluding hydrogens is 376 g/mol. The van der Waals surface area contributed by atoms with Gasteiger partial charge in [0.2, 0.25) is 0 Å². The highest BCUT2D eigenvalue weighted by atomic mass is 16.5. The smallest absolute Gasteiger partial charge is 0.341 e. The Morgan fingerprint density at radius 1 is 1.07 bits per heavy atom. The lowest BCUT2D eigenvalue weighted by atomic mass is 10.1. The zero-order chi connectivity index (χ0) is 21.0. The summed E-state index contributed by atoms with van der Waals surface area (Å²) in [7, 11) is 0. The summed E-state index contributed by atoms with van der Waals surface area (Å²) < 4.78 is 5.04. The third kappa shape index (κ3) is 4.49. The monoisotopic (exact) mass is 394 g/mol. The first-order chi connectivity index (χ1) is 13.9. The molecule has 2 N–H and O–H groups in total. The number of aryl methyl sites for hydroxylation is 1. The topological polar surface area (TPSA) is 113 Å². The molecule has 0 spiro atoms. The van der Waals surface area contributed by atoms with Gasteiger partial charge in [0, 0.05) is 0 Å². The summed E-state index contributed by atoms with van der Waals surface area (Å²) >= 11 is 0. The van der Waals surface area contributed by atoms with Crippen LogP contribution in [-0.2, 0) is 20.8 Å². The Morgan fingerprint density at radius 2 is 1.72 bits per heavy atom. The third-order valence-corrected chi connectivity index (χ3v) is 4.26. The standard InChI is InChI=1S/C21H18N2O6/c1-2-13-3-7-15(8-4-13)23-20(27)17(19(26)22-21(23)28)11-14-5-9-16(10-6-14)29-12-18(24)25/h3-11H,2,12H2,1H3,(H,24,25)(H,22,26,28). The van der Waals surface area contributed by atoms with Crippen LogP contribution in [0.2, 0.25) is 0 Å². The van der Waals surface area contributed by atoms with Crippen LogP contribution >= 0.6 is 0 Å². The minimum atomic E-state index is -1.10. The van der Waals surface area contributed by atoms with Crippen LogP contribution in [0.25, 0.3) is 6.08 Å². The van der Waals surface area contributed by atoms with Gasteiger partial charge in [-0.1, -0.05) is 31.2 Å². The van der Waals surface area contributed by atoms with Crippen molar-refractivity contribution in [1.82, 2.24) is 5.32 Å². The van der Waals surface area contributed by atoms with Crippen molar-refractivity contribution in [3.05, 3.63) is 65.2 Å². The van der Waals surface area contributed by atoms with Gasteiger partial charge in [-0.3, -0.25) is 14.9 Å². The lowest BCUT2D eigenvalue weighted by molar-refractivity contribution is -0.139. The van der Waals surface area contributed by atoms with E-state index in [0.29, 0.717) is 17.0 Å². The van der Waals surface area contributed by atoms with Crippen LogP contribution in [0, 0.1) is 0 Å². The number of nitrogens with one attached hydrogen (secondary N) is 1. The number of urea groups is 1. The Morgan fingerprint density at radius 3 is 2.31 bits per heavy atom. The zero-order valence-electron chi connectivity index (χ0n) is 15.5. The summed E-state index contributed by atoms with van der Waals surface area (Å²) in [5.74, 6) is -2.28. The van der Waals surface area contributed by atoms with Gasteiger partial charge in [-0.2, -0.15) is 0 Å². The Labute approximate surface area is 166 Å². The average Bonchev–Trinajstić information content (AvgIpc) is 2.71. The molecule has 8 heteroatoms. The molecule has 0 unspecified atom stereocenters. The molecule has 29 heavy (non-hydrogen) atoms. The fraction of sp³-hybridized carbons (Fsp3) is 0.143. The number of hydrogen-bond donors (Lipinski definition) is 2. The molecule has 0 atom stereocenters. The number of nitrogens with zero attached hydrogens (tertiary/aromatic N) is 1. The molecule has 1 aliphatic rings. The number of imide groups is 2. The first-order valence-corrected chi connectivity index (χ1v) is 8.84. The van der Waals surface area contributed by atoms with Gasteiger partial charge < -0.3 is 9.84 Å². The number of carbonyl (C=O) groups excluding carboxylic acids is 3. The van der Waals surface area contributed by atoms with Gasteiger partial charge in [0.05, 0.1) is 5.69 Å². The van der Waals surface area contributed by atoms with E-state index in [2.05, 4.69) is 5.32 Å². The number of carboxylic acids is 1. The van der Waals surface area contributed by atoms with E-state index >= 15 is 0 Å². The summed E-state index contributed by atoms with van der Waals surface area (Å²) in [6.45, 7) is 1.51. The predicted molar refractivity (Wildman–Crippen MR) is 104 cm³/mol. The SMILES string of the molecule is CCc1ccc(N2C(=O)NC(=O)C(=Cc3ccc(OCC(=O)O)cc3)C2=O)cc1. The number of barbiturate groups is 1. The molecule has 8 nitrogen and oxygen atoms in total. The van der Waals surface area contributed by atoms with E-state index in [1.165, 1.54) is 18.2 Å². The second-order valence-corrected chi connectivity index (χ2v) is 6.23. The summed E-state index contributed by atoms with van der Waals surface area (Å²) in [5, 5.41) is 10.8. The van der Waals surface area contributed by atoms with Crippen molar-refractivity contribution in [3.63, 3.8) is 0 Å². The Hall–Kier alpha value is -3.94. The van der Waals surface area contributed by atoms with E-state index in [1.54, 1.807) is 24.3 Å². The molecule has 0 aromatic heterocycles. The van der Waals surface area contributed by atoms with Gasteiger partial charge in [0.15, 0.2) is 6.61 Å². The largest absolute Gasteiger partial charge is 0.482 e. The lowest BCUT2D eigenvalue weighted by Gasteiger charge is -2.26. The quantitative estimate of drug-likeness (QED) is 0.575. The van der Waals surface area contributed by atoms with Crippen molar-refractivity contribution in [1.29, 1.82) is 0 Å². The van der Waals surface area contributed by atoms with Gasteiger partial charge in [-0.25, -0.2) is 14.5 Å². The molecule has 4 amide bonds. The fourth-order valence-corrected chi connectivity index (χ4v) is 2.74. The van der Waals surface area contributed by atoms with Crippen molar-refractivity contribution in [2.24, 2.45) is 0 Å². The van der Waals surface area contributed by atoms with Crippen molar-refractivity contribution < 1.29 is 29.0 Å². The predicted octanol–water partition coefficient (Wildman–Crippen LogP) is 2.38. The van der Waals surface area contributed by atoms with Gasteiger partial charge in [-0.15, -0.1) is 0 Å². The Bertz CT molecular complexity index is 993. The third-order valence-electron chi connectivity index (χ3n) is 4.26. The molecule has 1 heterocycles. The molecule has 0 aliphatic carbocycles. The molecule has 148 valence electrons. The van der Waals surface area contributed by atoms with Crippen LogP contribution in [0.4, 0.5) is 10.5 Å². The van der Waals surface area contributed by atoms with E-state index in [-0.39, 0.29) is 5.57 Å². The highest BCUT2D eigenvalue weighted by molar-refractivity contribution is 6.39. The average molecular weight is 394 g/mol. The maximum Gasteiger partial charge on any atom is 0.341 e. The maximum absolute atomic E-state index is 12.8. The van der Waals surface area contributed by atoms with Crippen LogP contribution in [0.5, 0.6) is 5.75 Å². The van der Waals surface area contributed by atoms with Crippen molar-refractivity contribution in [3.8, 4) is 5.75 Å². The molecule has 0 bridgehead atoms. The number of anilines is 1. The van der Waals surface area contributed by atoms with Crippen molar-refractivity contribution in [2.45, 2.75) is 13.3 Å². The number of hydrogen-bond acceptors (Lipinski definition) is 5. The van der Waals surface area contributed by atoms with Gasteiger partial charge in [-0.05, 0) is 47.9 Å². The molecule has 1 saturated heterocycles. The lowest BCUT2D eigenvalue weighted by Crippen LogP contribution is -2.54. The summed E-state index contributed by atoms with van der Waals surface area (Å²) in [6.07, 6.45) is 2.18. The van der Waals surface area contributed by atoms with Crippen LogP contribution in [-0.4, -0.2) is 35.5 Å². The number of carboxylic acid groups (broad SMARTS) is 1. The van der Waals surface area contributed by atoms with Crippen LogP contribution < -0.4 is 15.0 Å². The second kappa shape index (κ2) is 8.39. The molecule has 3 rings (SSSR count). The molecular formula is C21H18N2O6. The van der Waals surface area contributed by atoms with E-state index in [1.807, 2.05) is 19.1 Å². The second-order valence-electron chi connectivity index (χ2n) is 6.23. The number of ether oxygens (including phenoxy) is 1. The Kier molecular flexibility index (Phi) is 5.73. The highest BCUT2D eigenvalue weighted by Gasteiger charge is 2.36. The van der Waals surface area contributed by atoms with Gasteiger partial charge in [0.25, 0.3) is 11.8 Å². The number of amides is 4. The molecule has 1 fully saturated rings. The number of benzene rings is 2. The van der Waals surface area contributed by atoms with E-state index in [0.717, 1.165) is 16.9 Å². The zero-order valence-corrected chi connectivity index (χ0v) is 15.5. The van der Waals surface area contributed by atoms with Gasteiger partial charge in [0.1, 0.15) is 11.3 Å². The Balaban J connectivity index is 1.85. The fourth-order valence-electron chi connectivity index (χ4n) is 2.74. The molecule has 2 aromatic rings. The van der Waals surface area contributed by atoms with E-state index in [4.69, 9.17) is 9.84 Å². The van der Waals surface area contributed by atoms with Crippen molar-refractivity contribution in [2.75, 3.05) is 11.5 Å². The first-order valence-electron chi connectivity index (χ1n) is 8.84. The molecule has 0 radical (unpaired) electrons. The first kappa shape index (κ1) is 19.8. The van der Waals surface area contributed by atoms with Crippen LogP contribution in [0.15, 0.2) is 54.1 Å². The number of carbonyl (C=O) groups is 4. The van der Waals surface area contributed by atoms with Crippen molar-refractivity contribution >= 4 is 35.6 Å². The summed E-state index contributed by atoms with van der Waals surface area (Å²) in [4.78, 5) is 48.7. The summed E-state index contributed by atoms with van der Waals surface area (Å²) in [6, 6.07) is 12.3. The number of rotatable bonds is 6. The van der Waals surface area contributed by atoms with Crippen LogP contribution in [0.1, 0.15) is 18.1 Å². The van der Waals surface area contributed by atoms with Crippen LogP contribution in [0.3, 0.4) is 0 Å². The molecule has 2 aromatic carbocycles. The summed E-state index contributed by atoms with van der Waals surface area (Å²) in [5.41, 5.74) is 1.74. The normalized spacial score (nSPS) is 15.4. The molecule has 0 saturated carbocycles. The highest BCUT2D eigenvalue weighted by Crippen LogP contribution is 2.23. The number of aliphatic carboxylic acids is 1. The van der Waals surface area contributed by atoms with E-state index in [9.17, 15) is 19.2 Å². The molecule has 1 aliphatic heterocycles. The van der Waals surface area contributed by atoms with Gasteiger partial charge >= 0.3 is 12.0 Å². The minimum absolute atomic E-state index is 0.191.